The molecule has 1 aliphatic rings. The molecule has 110 valence electrons. The van der Waals surface area contributed by atoms with Gasteiger partial charge in [0.2, 0.25) is 0 Å². The van der Waals surface area contributed by atoms with Gasteiger partial charge < -0.3 is 10.6 Å². The number of aryl methyl sites for hydroxylation is 1. The highest BCUT2D eigenvalue weighted by Crippen LogP contribution is 2.28. The summed E-state index contributed by atoms with van der Waals surface area (Å²) in [7, 11) is 0. The molecule has 1 aromatic heterocycles. The Morgan fingerprint density at radius 2 is 2.05 bits per heavy atom. The van der Waals surface area contributed by atoms with Crippen LogP contribution in [0, 0.1) is 6.92 Å². The second-order valence-corrected chi connectivity index (χ2v) is 5.98. The van der Waals surface area contributed by atoms with Gasteiger partial charge in [-0.25, -0.2) is 0 Å². The van der Waals surface area contributed by atoms with E-state index in [1.165, 1.54) is 19.3 Å². The highest BCUT2D eigenvalue weighted by atomic mass is 16.1. The summed E-state index contributed by atoms with van der Waals surface area (Å²) in [5.41, 5.74) is 2.37. The SMILES string of the molecule is CCNc1cc(C)ncc1C(=O)NC1(C)CCCCC1. The topological polar surface area (TPSA) is 54.0 Å². The molecule has 0 unspecified atom stereocenters. The lowest BCUT2D eigenvalue weighted by Crippen LogP contribution is -2.47. The number of amides is 1. The average Bonchev–Trinajstić information content (AvgIpc) is 2.39. The molecule has 0 saturated heterocycles. The van der Waals surface area contributed by atoms with Crippen molar-refractivity contribution in [1.82, 2.24) is 10.3 Å². The largest absolute Gasteiger partial charge is 0.385 e. The van der Waals surface area contributed by atoms with Crippen molar-refractivity contribution in [2.24, 2.45) is 0 Å². The van der Waals surface area contributed by atoms with E-state index in [0.717, 1.165) is 30.8 Å². The second kappa shape index (κ2) is 6.25. The van der Waals surface area contributed by atoms with Gasteiger partial charge in [0, 0.05) is 24.0 Å². The number of nitrogens with zero attached hydrogens (tertiary/aromatic N) is 1. The summed E-state index contributed by atoms with van der Waals surface area (Å²) in [6, 6.07) is 1.93. The molecule has 2 N–H and O–H groups in total. The number of hydrogen-bond donors (Lipinski definition) is 2. The van der Waals surface area contributed by atoms with Gasteiger partial charge in [-0.3, -0.25) is 9.78 Å². The van der Waals surface area contributed by atoms with E-state index in [-0.39, 0.29) is 11.4 Å². The lowest BCUT2D eigenvalue weighted by molar-refractivity contribution is 0.0883. The van der Waals surface area contributed by atoms with Crippen molar-refractivity contribution in [2.75, 3.05) is 11.9 Å². The maximum Gasteiger partial charge on any atom is 0.255 e. The van der Waals surface area contributed by atoms with E-state index in [1.807, 2.05) is 19.9 Å². The molecule has 1 aromatic rings. The minimum absolute atomic E-state index is 0.0159. The Hall–Kier alpha value is -1.58. The predicted molar refractivity (Wildman–Crippen MR) is 82.1 cm³/mol. The van der Waals surface area contributed by atoms with Crippen LogP contribution in [0.15, 0.2) is 12.3 Å². The van der Waals surface area contributed by atoms with Crippen LogP contribution in [0.1, 0.15) is 62.0 Å². The summed E-state index contributed by atoms with van der Waals surface area (Å²) >= 11 is 0. The van der Waals surface area contributed by atoms with E-state index in [1.54, 1.807) is 6.20 Å². The van der Waals surface area contributed by atoms with E-state index < -0.39 is 0 Å². The predicted octanol–water partition coefficient (Wildman–Crippen LogP) is 3.27. The van der Waals surface area contributed by atoms with E-state index in [2.05, 4.69) is 22.5 Å². The first-order valence-electron chi connectivity index (χ1n) is 7.57. The molecule has 0 atom stereocenters. The van der Waals surface area contributed by atoms with Crippen LogP contribution in [0.4, 0.5) is 5.69 Å². The first kappa shape index (κ1) is 14.8. The number of rotatable bonds is 4. The quantitative estimate of drug-likeness (QED) is 0.886. The van der Waals surface area contributed by atoms with Gasteiger partial charge in [0.1, 0.15) is 0 Å². The fourth-order valence-electron chi connectivity index (χ4n) is 2.88. The molecule has 1 heterocycles. The lowest BCUT2D eigenvalue weighted by atomic mass is 9.83. The van der Waals surface area contributed by atoms with Crippen LogP contribution in [0.5, 0.6) is 0 Å². The highest BCUT2D eigenvalue weighted by Gasteiger charge is 2.29. The lowest BCUT2D eigenvalue weighted by Gasteiger charge is -2.34. The van der Waals surface area contributed by atoms with Crippen LogP contribution in [0.3, 0.4) is 0 Å². The maximum absolute atomic E-state index is 12.5. The van der Waals surface area contributed by atoms with Crippen molar-refractivity contribution in [2.45, 2.75) is 58.4 Å². The Morgan fingerprint density at radius 1 is 1.35 bits per heavy atom. The smallest absolute Gasteiger partial charge is 0.255 e. The Kier molecular flexibility index (Phi) is 4.63. The van der Waals surface area contributed by atoms with Gasteiger partial charge in [-0.1, -0.05) is 19.3 Å². The van der Waals surface area contributed by atoms with Gasteiger partial charge in [0.15, 0.2) is 0 Å². The van der Waals surface area contributed by atoms with Gasteiger partial charge in [-0.15, -0.1) is 0 Å². The molecular weight excluding hydrogens is 250 g/mol. The van der Waals surface area contributed by atoms with Crippen molar-refractivity contribution in [3.05, 3.63) is 23.5 Å². The van der Waals surface area contributed by atoms with Crippen molar-refractivity contribution >= 4 is 11.6 Å². The van der Waals surface area contributed by atoms with Crippen molar-refractivity contribution in [1.29, 1.82) is 0 Å². The zero-order valence-electron chi connectivity index (χ0n) is 12.8. The molecule has 2 rings (SSSR count). The molecule has 0 bridgehead atoms. The summed E-state index contributed by atoms with van der Waals surface area (Å²) in [5.74, 6) is -0.0159. The molecule has 1 aliphatic carbocycles. The molecule has 1 fully saturated rings. The Labute approximate surface area is 121 Å². The zero-order valence-corrected chi connectivity index (χ0v) is 12.8. The van der Waals surface area contributed by atoms with Gasteiger partial charge in [-0.05, 0) is 39.7 Å². The Bertz CT molecular complexity index is 479. The van der Waals surface area contributed by atoms with Crippen LogP contribution in [0.25, 0.3) is 0 Å². The summed E-state index contributed by atoms with van der Waals surface area (Å²) in [4.78, 5) is 16.8. The third-order valence-electron chi connectivity index (χ3n) is 4.02. The number of pyridine rings is 1. The zero-order chi connectivity index (χ0) is 14.6. The maximum atomic E-state index is 12.5. The molecule has 0 aromatic carbocycles. The molecule has 1 amide bonds. The molecule has 0 aliphatic heterocycles. The van der Waals surface area contributed by atoms with Crippen molar-refractivity contribution < 1.29 is 4.79 Å². The van der Waals surface area contributed by atoms with Gasteiger partial charge >= 0.3 is 0 Å². The fourth-order valence-corrected chi connectivity index (χ4v) is 2.88. The van der Waals surface area contributed by atoms with Crippen molar-refractivity contribution in [3.63, 3.8) is 0 Å². The van der Waals surface area contributed by atoms with E-state index >= 15 is 0 Å². The van der Waals surface area contributed by atoms with Crippen LogP contribution < -0.4 is 10.6 Å². The minimum atomic E-state index is -0.0658. The van der Waals surface area contributed by atoms with E-state index in [4.69, 9.17) is 0 Å². The highest BCUT2D eigenvalue weighted by molar-refractivity contribution is 5.99. The Balaban J connectivity index is 2.16. The van der Waals surface area contributed by atoms with Crippen LogP contribution in [-0.2, 0) is 0 Å². The standard InChI is InChI=1S/C16H25N3O/c1-4-17-14-10-12(2)18-11-13(14)15(20)19-16(3)8-6-5-7-9-16/h10-11H,4-9H2,1-3H3,(H,17,18)(H,19,20). The number of carbonyl (C=O) groups is 1. The van der Waals surface area contributed by atoms with E-state index in [9.17, 15) is 4.79 Å². The van der Waals surface area contributed by atoms with Gasteiger partial charge in [0.25, 0.3) is 5.91 Å². The normalized spacial score (nSPS) is 17.6. The van der Waals surface area contributed by atoms with Crippen LogP contribution in [0.2, 0.25) is 0 Å². The monoisotopic (exact) mass is 275 g/mol. The Morgan fingerprint density at radius 3 is 2.70 bits per heavy atom. The number of carbonyl (C=O) groups excluding carboxylic acids is 1. The molecule has 0 radical (unpaired) electrons. The van der Waals surface area contributed by atoms with Crippen LogP contribution >= 0.6 is 0 Å². The van der Waals surface area contributed by atoms with Crippen molar-refractivity contribution in [3.8, 4) is 0 Å². The summed E-state index contributed by atoms with van der Waals surface area (Å²) in [6.45, 7) is 6.91. The molecule has 1 saturated carbocycles. The average molecular weight is 275 g/mol. The summed E-state index contributed by atoms with van der Waals surface area (Å²) in [5, 5.41) is 6.46. The third kappa shape index (κ3) is 3.50. The summed E-state index contributed by atoms with van der Waals surface area (Å²) < 4.78 is 0. The number of anilines is 1. The first-order chi connectivity index (χ1) is 9.54. The minimum Gasteiger partial charge on any atom is -0.385 e. The summed E-state index contributed by atoms with van der Waals surface area (Å²) in [6.07, 6.45) is 7.48. The molecule has 0 spiro atoms. The molecule has 4 heteroatoms. The number of hydrogen-bond acceptors (Lipinski definition) is 3. The van der Waals surface area contributed by atoms with Gasteiger partial charge in [0.05, 0.1) is 11.3 Å². The van der Waals surface area contributed by atoms with E-state index in [0.29, 0.717) is 5.56 Å². The molecule has 4 nitrogen and oxygen atoms in total. The molecule has 20 heavy (non-hydrogen) atoms. The fraction of sp³-hybridized carbons (Fsp3) is 0.625. The molecular formula is C16H25N3O. The second-order valence-electron chi connectivity index (χ2n) is 5.98. The van der Waals surface area contributed by atoms with Gasteiger partial charge in [-0.2, -0.15) is 0 Å². The number of nitrogens with one attached hydrogen (secondary N) is 2. The number of aromatic nitrogens is 1. The first-order valence-corrected chi connectivity index (χ1v) is 7.57. The van der Waals surface area contributed by atoms with Crippen LogP contribution in [-0.4, -0.2) is 23.0 Å². The third-order valence-corrected chi connectivity index (χ3v) is 4.02.